The molecule has 0 unspecified atom stereocenters. The van der Waals surface area contributed by atoms with E-state index in [1.807, 2.05) is 35.6 Å². The van der Waals surface area contributed by atoms with E-state index >= 15 is 0 Å². The van der Waals surface area contributed by atoms with Crippen LogP contribution in [0.1, 0.15) is 11.4 Å². The van der Waals surface area contributed by atoms with Crippen molar-refractivity contribution < 1.29 is 9.13 Å². The highest BCUT2D eigenvalue weighted by Gasteiger charge is 2.07. The first kappa shape index (κ1) is 11.8. The lowest BCUT2D eigenvalue weighted by atomic mass is 10.4. The van der Waals surface area contributed by atoms with Crippen LogP contribution in [0.5, 0.6) is 0 Å². The van der Waals surface area contributed by atoms with Crippen LogP contribution in [0.25, 0.3) is 0 Å². The monoisotopic (exact) mass is 257 g/mol. The third kappa shape index (κ3) is 2.76. The smallest absolute Gasteiger partial charge is 0.243 e. The predicted octanol–water partition coefficient (Wildman–Crippen LogP) is 0.363. The lowest BCUT2D eigenvalue weighted by Crippen LogP contribution is -2.23. The van der Waals surface area contributed by atoms with Crippen molar-refractivity contribution in [3.8, 4) is 0 Å². The normalized spacial score (nSPS) is 11.1. The van der Waals surface area contributed by atoms with Crippen LogP contribution < -0.4 is 9.13 Å². The number of hydrogen-bond donors (Lipinski definition) is 1. The highest BCUT2D eigenvalue weighted by Crippen LogP contribution is 2.05. The third-order valence-corrected chi connectivity index (χ3v) is 3.16. The molecule has 0 fully saturated rings. The second kappa shape index (κ2) is 4.76. The summed E-state index contributed by atoms with van der Waals surface area (Å²) in [7, 11) is 4.06. The number of rotatable bonds is 4. The maximum Gasteiger partial charge on any atom is 0.243 e. The van der Waals surface area contributed by atoms with Gasteiger partial charge in [-0.1, -0.05) is 0 Å². The Hall–Kier alpha value is -2.30. The molecule has 0 radical (unpaired) electrons. The number of imidazole rings is 2. The lowest BCUT2D eigenvalue weighted by molar-refractivity contribution is -0.671. The standard InChI is InChI=1S/C14H19N5/c1-16-5-7-18(11-16)9-13-3-4-14(15-13)10-19-8-6-17(2)12-19/h3-8,11-12,15H,9-10H2,1-2H3/q+2. The molecule has 0 amide bonds. The third-order valence-electron chi connectivity index (χ3n) is 3.16. The Labute approximate surface area is 112 Å². The minimum atomic E-state index is 0.875. The van der Waals surface area contributed by atoms with Gasteiger partial charge in [0.15, 0.2) is 0 Å². The molecule has 3 aromatic rings. The summed E-state index contributed by atoms with van der Waals surface area (Å²) < 4.78 is 8.41. The molecular weight excluding hydrogens is 238 g/mol. The highest BCUT2D eigenvalue weighted by atomic mass is 15.1. The van der Waals surface area contributed by atoms with Gasteiger partial charge in [0.05, 0.1) is 25.5 Å². The maximum atomic E-state index is 3.47. The fraction of sp³-hybridized carbons (Fsp3) is 0.286. The van der Waals surface area contributed by atoms with Crippen molar-refractivity contribution >= 4 is 0 Å². The molecule has 0 saturated heterocycles. The molecule has 0 aliphatic rings. The molecule has 0 aliphatic heterocycles. The summed E-state index contributed by atoms with van der Waals surface area (Å²) in [5, 5.41) is 0. The zero-order chi connectivity index (χ0) is 13.2. The van der Waals surface area contributed by atoms with Gasteiger partial charge in [-0.15, -0.1) is 0 Å². The number of nitrogens with zero attached hydrogens (tertiary/aromatic N) is 4. The van der Waals surface area contributed by atoms with E-state index in [1.165, 1.54) is 11.4 Å². The van der Waals surface area contributed by atoms with Crippen LogP contribution in [0.15, 0.2) is 49.6 Å². The number of hydrogen-bond acceptors (Lipinski definition) is 0. The van der Waals surface area contributed by atoms with Gasteiger partial charge in [0.1, 0.15) is 37.9 Å². The van der Waals surface area contributed by atoms with E-state index < -0.39 is 0 Å². The Morgan fingerprint density at radius 3 is 1.74 bits per heavy atom. The molecule has 0 saturated carbocycles. The summed E-state index contributed by atoms with van der Waals surface area (Å²) in [4.78, 5) is 3.47. The first-order valence-electron chi connectivity index (χ1n) is 6.38. The van der Waals surface area contributed by atoms with Gasteiger partial charge in [-0.25, -0.2) is 18.3 Å². The van der Waals surface area contributed by atoms with Crippen molar-refractivity contribution in [1.29, 1.82) is 0 Å². The van der Waals surface area contributed by atoms with Gasteiger partial charge < -0.3 is 4.98 Å². The van der Waals surface area contributed by atoms with Crippen molar-refractivity contribution in [3.05, 3.63) is 61.0 Å². The van der Waals surface area contributed by atoms with E-state index in [9.17, 15) is 0 Å². The molecular formula is C14H19N5+2. The van der Waals surface area contributed by atoms with Crippen molar-refractivity contribution in [2.75, 3.05) is 0 Å². The average Bonchev–Trinajstić information content (AvgIpc) is 3.05. The van der Waals surface area contributed by atoms with Crippen molar-refractivity contribution in [3.63, 3.8) is 0 Å². The Bertz CT molecular complexity index is 617. The van der Waals surface area contributed by atoms with E-state index in [2.05, 4.69) is 51.3 Å². The number of aromatic amines is 1. The predicted molar refractivity (Wildman–Crippen MR) is 70.2 cm³/mol. The molecule has 98 valence electrons. The molecule has 3 rings (SSSR count). The van der Waals surface area contributed by atoms with Crippen LogP contribution in [0, 0.1) is 0 Å². The zero-order valence-corrected chi connectivity index (χ0v) is 11.3. The number of aryl methyl sites for hydroxylation is 2. The summed E-state index contributed by atoms with van der Waals surface area (Å²) in [6.45, 7) is 1.75. The number of aromatic nitrogens is 5. The molecule has 3 heterocycles. The summed E-state index contributed by atoms with van der Waals surface area (Å²) in [5.74, 6) is 0. The minimum Gasteiger partial charge on any atom is -0.356 e. The molecule has 0 atom stereocenters. The average molecular weight is 257 g/mol. The topological polar surface area (TPSA) is 33.4 Å². The van der Waals surface area contributed by atoms with Crippen molar-refractivity contribution in [1.82, 2.24) is 14.1 Å². The van der Waals surface area contributed by atoms with Crippen LogP contribution in [-0.4, -0.2) is 14.1 Å². The first-order valence-corrected chi connectivity index (χ1v) is 6.38. The van der Waals surface area contributed by atoms with Crippen LogP contribution >= 0.6 is 0 Å². The summed E-state index contributed by atoms with van der Waals surface area (Å²) >= 11 is 0. The van der Waals surface area contributed by atoms with Crippen LogP contribution in [0.4, 0.5) is 0 Å². The fourth-order valence-corrected chi connectivity index (χ4v) is 2.26. The van der Waals surface area contributed by atoms with Crippen LogP contribution in [-0.2, 0) is 27.2 Å². The van der Waals surface area contributed by atoms with Gasteiger partial charge in [0, 0.05) is 0 Å². The molecule has 5 nitrogen and oxygen atoms in total. The van der Waals surface area contributed by atoms with Crippen molar-refractivity contribution in [2.24, 2.45) is 14.1 Å². The van der Waals surface area contributed by atoms with Gasteiger partial charge in [-0.05, 0) is 12.1 Å². The minimum absolute atomic E-state index is 0.875. The van der Waals surface area contributed by atoms with E-state index in [0.717, 1.165) is 13.1 Å². The van der Waals surface area contributed by atoms with E-state index in [4.69, 9.17) is 0 Å². The van der Waals surface area contributed by atoms with Gasteiger partial charge in [-0.3, -0.25) is 0 Å². The Balaban J connectivity index is 1.69. The Kier molecular flexibility index (Phi) is 2.95. The quantitative estimate of drug-likeness (QED) is 0.655. The van der Waals surface area contributed by atoms with Gasteiger partial charge in [0.2, 0.25) is 12.7 Å². The molecule has 5 heteroatoms. The van der Waals surface area contributed by atoms with E-state index in [-0.39, 0.29) is 0 Å². The molecule has 3 aromatic heterocycles. The largest absolute Gasteiger partial charge is 0.356 e. The van der Waals surface area contributed by atoms with Crippen molar-refractivity contribution in [2.45, 2.75) is 13.1 Å². The number of H-pyrrole nitrogens is 1. The molecule has 0 aliphatic carbocycles. The zero-order valence-electron chi connectivity index (χ0n) is 11.3. The van der Waals surface area contributed by atoms with Gasteiger partial charge >= 0.3 is 0 Å². The second-order valence-corrected chi connectivity index (χ2v) is 5.01. The van der Waals surface area contributed by atoms with E-state index in [1.54, 1.807) is 0 Å². The molecule has 0 spiro atoms. The van der Waals surface area contributed by atoms with Gasteiger partial charge in [0.25, 0.3) is 0 Å². The molecule has 0 bridgehead atoms. The van der Waals surface area contributed by atoms with E-state index in [0.29, 0.717) is 0 Å². The second-order valence-electron chi connectivity index (χ2n) is 5.01. The molecule has 0 aromatic carbocycles. The SMILES string of the molecule is C[n+]1ccn(Cc2ccc(Cn3cc[n+](C)c3)[nH]2)c1. The highest BCUT2D eigenvalue weighted by molar-refractivity contribution is 5.13. The summed E-state index contributed by atoms with van der Waals surface area (Å²) in [5.41, 5.74) is 2.45. The van der Waals surface area contributed by atoms with Gasteiger partial charge in [-0.2, -0.15) is 0 Å². The first-order chi connectivity index (χ1) is 9.19. The fourth-order valence-electron chi connectivity index (χ4n) is 2.26. The number of nitrogens with one attached hydrogen (secondary N) is 1. The molecule has 1 N–H and O–H groups in total. The lowest BCUT2D eigenvalue weighted by Gasteiger charge is -1.95. The Morgan fingerprint density at radius 2 is 1.37 bits per heavy atom. The van der Waals surface area contributed by atoms with Crippen LogP contribution in [0.2, 0.25) is 0 Å². The molecule has 19 heavy (non-hydrogen) atoms. The Morgan fingerprint density at radius 1 is 0.895 bits per heavy atom. The summed E-state index contributed by atoms with van der Waals surface area (Å²) in [6.07, 6.45) is 12.4. The van der Waals surface area contributed by atoms with Crippen LogP contribution in [0.3, 0.4) is 0 Å². The summed E-state index contributed by atoms with van der Waals surface area (Å²) in [6, 6.07) is 4.30. The maximum absolute atomic E-state index is 3.47.